The SMILES string of the molecule is CCNC(=NCC1(c2ccc(F)cc2)CCCC1)N1CCC(OCCCOC)CC1. The van der Waals surface area contributed by atoms with Crippen LogP contribution in [0.2, 0.25) is 0 Å². The molecule has 1 aromatic carbocycles. The highest BCUT2D eigenvalue weighted by molar-refractivity contribution is 5.80. The second-order valence-electron chi connectivity index (χ2n) is 8.57. The molecule has 5 nitrogen and oxygen atoms in total. The van der Waals surface area contributed by atoms with Crippen LogP contribution in [-0.4, -0.2) is 63.5 Å². The Morgan fingerprint density at radius 3 is 2.50 bits per heavy atom. The molecule has 2 fully saturated rings. The van der Waals surface area contributed by atoms with Gasteiger partial charge in [-0.1, -0.05) is 25.0 Å². The van der Waals surface area contributed by atoms with Crippen LogP contribution in [0.3, 0.4) is 0 Å². The number of rotatable bonds is 9. The van der Waals surface area contributed by atoms with Crippen molar-refractivity contribution >= 4 is 5.96 Å². The molecule has 3 rings (SSSR count). The van der Waals surface area contributed by atoms with E-state index in [2.05, 4.69) is 17.1 Å². The van der Waals surface area contributed by atoms with Crippen molar-refractivity contribution in [3.63, 3.8) is 0 Å². The van der Waals surface area contributed by atoms with E-state index in [1.165, 1.54) is 18.4 Å². The molecule has 1 saturated heterocycles. The largest absolute Gasteiger partial charge is 0.385 e. The highest BCUT2D eigenvalue weighted by atomic mass is 19.1. The molecule has 168 valence electrons. The minimum atomic E-state index is -0.170. The van der Waals surface area contributed by atoms with E-state index in [0.717, 1.165) is 77.5 Å². The number of guanidine groups is 1. The van der Waals surface area contributed by atoms with Crippen LogP contribution in [0.4, 0.5) is 4.39 Å². The fraction of sp³-hybridized carbons (Fsp3) is 0.708. The van der Waals surface area contributed by atoms with Crippen molar-refractivity contribution in [2.24, 2.45) is 4.99 Å². The third-order valence-electron chi connectivity index (χ3n) is 6.47. The van der Waals surface area contributed by atoms with Crippen LogP contribution in [0.1, 0.15) is 57.4 Å². The first kappa shape index (κ1) is 23.0. The quantitative estimate of drug-likeness (QED) is 0.372. The lowest BCUT2D eigenvalue weighted by Gasteiger charge is -2.35. The second kappa shape index (κ2) is 11.7. The van der Waals surface area contributed by atoms with E-state index in [1.807, 2.05) is 12.1 Å². The van der Waals surface area contributed by atoms with E-state index in [4.69, 9.17) is 14.5 Å². The Labute approximate surface area is 181 Å². The molecule has 30 heavy (non-hydrogen) atoms. The summed E-state index contributed by atoms with van der Waals surface area (Å²) in [5, 5.41) is 3.49. The lowest BCUT2D eigenvalue weighted by Crippen LogP contribution is -2.47. The fourth-order valence-electron chi connectivity index (χ4n) is 4.73. The average molecular weight is 420 g/mol. The first-order valence-electron chi connectivity index (χ1n) is 11.6. The molecule has 2 aliphatic rings. The monoisotopic (exact) mass is 419 g/mol. The Hall–Kier alpha value is -1.66. The highest BCUT2D eigenvalue weighted by Gasteiger charge is 2.36. The Balaban J connectivity index is 1.60. The molecule has 1 heterocycles. The van der Waals surface area contributed by atoms with E-state index >= 15 is 0 Å². The molecule has 1 aromatic rings. The summed E-state index contributed by atoms with van der Waals surface area (Å²) in [5.41, 5.74) is 1.26. The van der Waals surface area contributed by atoms with Crippen LogP contribution in [0.25, 0.3) is 0 Å². The maximum Gasteiger partial charge on any atom is 0.193 e. The Morgan fingerprint density at radius 1 is 1.17 bits per heavy atom. The summed E-state index contributed by atoms with van der Waals surface area (Å²) in [7, 11) is 1.73. The van der Waals surface area contributed by atoms with Crippen molar-refractivity contribution in [3.8, 4) is 0 Å². The van der Waals surface area contributed by atoms with Crippen LogP contribution < -0.4 is 5.32 Å². The summed E-state index contributed by atoms with van der Waals surface area (Å²) in [4.78, 5) is 7.45. The van der Waals surface area contributed by atoms with Gasteiger partial charge in [0.1, 0.15) is 5.82 Å². The number of nitrogens with one attached hydrogen (secondary N) is 1. The zero-order valence-corrected chi connectivity index (χ0v) is 18.7. The first-order valence-corrected chi connectivity index (χ1v) is 11.6. The molecule has 0 amide bonds. The van der Waals surface area contributed by atoms with Gasteiger partial charge in [0.05, 0.1) is 12.6 Å². The molecular formula is C24H38FN3O2. The zero-order chi connectivity index (χ0) is 21.2. The van der Waals surface area contributed by atoms with Gasteiger partial charge in [-0.05, 0) is 56.7 Å². The van der Waals surface area contributed by atoms with Crippen molar-refractivity contribution in [1.82, 2.24) is 10.2 Å². The number of hydrogen-bond acceptors (Lipinski definition) is 3. The minimum Gasteiger partial charge on any atom is -0.385 e. The Bertz CT molecular complexity index is 651. The number of piperidine rings is 1. The Kier molecular flexibility index (Phi) is 8.94. The van der Waals surface area contributed by atoms with Gasteiger partial charge in [-0.3, -0.25) is 4.99 Å². The first-order chi connectivity index (χ1) is 14.7. The number of methoxy groups -OCH3 is 1. The van der Waals surface area contributed by atoms with Crippen molar-refractivity contribution in [2.75, 3.05) is 46.5 Å². The second-order valence-corrected chi connectivity index (χ2v) is 8.57. The number of hydrogen-bond donors (Lipinski definition) is 1. The lowest BCUT2D eigenvalue weighted by atomic mass is 9.79. The summed E-state index contributed by atoms with van der Waals surface area (Å²) >= 11 is 0. The average Bonchev–Trinajstić information content (AvgIpc) is 3.25. The molecule has 0 bridgehead atoms. The normalized spacial score (nSPS) is 20.0. The molecule has 1 N–H and O–H groups in total. The van der Waals surface area contributed by atoms with E-state index < -0.39 is 0 Å². The van der Waals surface area contributed by atoms with E-state index in [0.29, 0.717) is 6.10 Å². The van der Waals surface area contributed by atoms with E-state index in [9.17, 15) is 4.39 Å². The molecule has 0 aromatic heterocycles. The summed E-state index contributed by atoms with van der Waals surface area (Å²) in [5.74, 6) is 0.833. The van der Waals surface area contributed by atoms with Crippen LogP contribution in [0.5, 0.6) is 0 Å². The van der Waals surface area contributed by atoms with E-state index in [1.54, 1.807) is 19.2 Å². The van der Waals surface area contributed by atoms with Crippen LogP contribution in [-0.2, 0) is 14.9 Å². The summed E-state index contributed by atoms with van der Waals surface area (Å²) in [6.45, 7) is 7.18. The van der Waals surface area contributed by atoms with Gasteiger partial charge in [0.2, 0.25) is 0 Å². The van der Waals surface area contributed by atoms with Crippen molar-refractivity contribution in [1.29, 1.82) is 0 Å². The topological polar surface area (TPSA) is 46.1 Å². The van der Waals surface area contributed by atoms with Gasteiger partial charge in [-0.15, -0.1) is 0 Å². The fourth-order valence-corrected chi connectivity index (χ4v) is 4.73. The van der Waals surface area contributed by atoms with Crippen LogP contribution in [0.15, 0.2) is 29.3 Å². The number of likely N-dealkylation sites (tertiary alicyclic amines) is 1. The maximum absolute atomic E-state index is 13.4. The van der Waals surface area contributed by atoms with Crippen molar-refractivity contribution in [3.05, 3.63) is 35.6 Å². The number of ether oxygens (including phenoxy) is 2. The summed E-state index contributed by atoms with van der Waals surface area (Å²) < 4.78 is 24.5. The van der Waals surface area contributed by atoms with E-state index in [-0.39, 0.29) is 11.2 Å². The molecular weight excluding hydrogens is 381 g/mol. The molecule has 6 heteroatoms. The minimum absolute atomic E-state index is 0.0388. The molecule has 1 aliphatic carbocycles. The smallest absolute Gasteiger partial charge is 0.193 e. The summed E-state index contributed by atoms with van der Waals surface area (Å²) in [6.07, 6.45) is 8.02. The predicted octanol–water partition coefficient (Wildman–Crippen LogP) is 4.12. The van der Waals surface area contributed by atoms with Gasteiger partial charge >= 0.3 is 0 Å². The molecule has 0 radical (unpaired) electrons. The number of aliphatic imine (C=N–C) groups is 1. The van der Waals surface area contributed by atoms with Gasteiger partial charge in [0, 0.05) is 45.4 Å². The highest BCUT2D eigenvalue weighted by Crippen LogP contribution is 2.41. The van der Waals surface area contributed by atoms with Gasteiger partial charge < -0.3 is 19.7 Å². The lowest BCUT2D eigenvalue weighted by molar-refractivity contribution is 0.00989. The third-order valence-corrected chi connectivity index (χ3v) is 6.47. The molecule has 1 saturated carbocycles. The van der Waals surface area contributed by atoms with Crippen molar-refractivity contribution < 1.29 is 13.9 Å². The summed E-state index contributed by atoms with van der Waals surface area (Å²) in [6, 6.07) is 7.08. The molecule has 0 atom stereocenters. The standard InChI is InChI=1S/C24H38FN3O2/c1-3-26-23(28-15-11-22(12-16-28)30-18-6-17-29-2)27-19-24(13-4-5-14-24)20-7-9-21(25)10-8-20/h7-10,22H,3-6,11-19H2,1-2H3,(H,26,27). The molecule has 0 spiro atoms. The van der Waals surface area contributed by atoms with Gasteiger partial charge in [-0.25, -0.2) is 4.39 Å². The number of nitrogens with zero attached hydrogens (tertiary/aromatic N) is 2. The predicted molar refractivity (Wildman–Crippen MR) is 120 cm³/mol. The third kappa shape index (κ3) is 6.17. The van der Waals surface area contributed by atoms with Crippen LogP contribution in [0, 0.1) is 5.82 Å². The van der Waals surface area contributed by atoms with Crippen molar-refractivity contribution in [2.45, 2.75) is 63.4 Å². The molecule has 0 unspecified atom stereocenters. The van der Waals surface area contributed by atoms with Crippen LogP contribution >= 0.6 is 0 Å². The number of benzene rings is 1. The van der Waals surface area contributed by atoms with Gasteiger partial charge in [-0.2, -0.15) is 0 Å². The maximum atomic E-state index is 13.4. The number of halogens is 1. The molecule has 1 aliphatic heterocycles. The van der Waals surface area contributed by atoms with Gasteiger partial charge in [0.15, 0.2) is 5.96 Å². The Morgan fingerprint density at radius 2 is 1.87 bits per heavy atom. The zero-order valence-electron chi connectivity index (χ0n) is 18.7. The van der Waals surface area contributed by atoms with Gasteiger partial charge in [0.25, 0.3) is 0 Å².